The Balaban J connectivity index is 1.45. The van der Waals surface area contributed by atoms with Crippen molar-refractivity contribution in [2.45, 2.75) is 25.8 Å². The van der Waals surface area contributed by atoms with Crippen LogP contribution in [0.1, 0.15) is 40.6 Å². The van der Waals surface area contributed by atoms with Gasteiger partial charge in [-0.05, 0) is 63.7 Å². The molecule has 2 amide bonds. The lowest BCUT2D eigenvalue weighted by Gasteiger charge is -2.22. The van der Waals surface area contributed by atoms with Crippen molar-refractivity contribution in [2.75, 3.05) is 38.2 Å². The van der Waals surface area contributed by atoms with Crippen molar-refractivity contribution < 1.29 is 9.59 Å². The zero-order valence-corrected chi connectivity index (χ0v) is 22.3. The fourth-order valence-corrected chi connectivity index (χ4v) is 4.85. The first-order valence-electron chi connectivity index (χ1n) is 12.9. The van der Waals surface area contributed by atoms with Crippen LogP contribution in [-0.4, -0.2) is 68.2 Å². The SMILES string of the molecule is Cc1ccnc(NC(=O)c2ccc(-c3nc([C@@H]4CCCN4C(=O)C=CCN(C)C)n4ccnc(N)c34)cc2)c1. The molecule has 4 aromatic rings. The molecule has 1 saturated heterocycles. The predicted octanol–water partition coefficient (Wildman–Crippen LogP) is 3.72. The Labute approximate surface area is 227 Å². The van der Waals surface area contributed by atoms with Gasteiger partial charge in [-0.3, -0.25) is 14.0 Å². The molecular weight excluding hydrogens is 492 g/mol. The summed E-state index contributed by atoms with van der Waals surface area (Å²) in [5.74, 6) is 1.31. The monoisotopic (exact) mass is 524 g/mol. The van der Waals surface area contributed by atoms with Gasteiger partial charge in [-0.1, -0.05) is 18.2 Å². The summed E-state index contributed by atoms with van der Waals surface area (Å²) in [6.45, 7) is 3.30. The molecule has 0 radical (unpaired) electrons. The Bertz CT molecular complexity index is 1540. The van der Waals surface area contributed by atoms with E-state index in [1.807, 2.05) is 71.8 Å². The average Bonchev–Trinajstić information content (AvgIpc) is 3.54. The highest BCUT2D eigenvalue weighted by Gasteiger charge is 2.33. The number of rotatable bonds is 7. The maximum absolute atomic E-state index is 13.0. The number of anilines is 2. The number of aromatic nitrogens is 4. The van der Waals surface area contributed by atoms with E-state index in [-0.39, 0.29) is 17.9 Å². The highest BCUT2D eigenvalue weighted by atomic mass is 16.2. The normalized spacial score (nSPS) is 15.5. The first-order chi connectivity index (χ1) is 18.8. The molecule has 0 saturated carbocycles. The Kier molecular flexibility index (Phi) is 7.38. The van der Waals surface area contributed by atoms with Crippen LogP contribution in [-0.2, 0) is 4.79 Å². The molecule has 1 aliphatic rings. The van der Waals surface area contributed by atoms with Crippen LogP contribution in [0.15, 0.2) is 67.1 Å². The van der Waals surface area contributed by atoms with E-state index in [0.717, 1.165) is 29.8 Å². The van der Waals surface area contributed by atoms with Gasteiger partial charge in [-0.25, -0.2) is 15.0 Å². The first kappa shape index (κ1) is 26.1. The first-order valence-corrected chi connectivity index (χ1v) is 12.9. The van der Waals surface area contributed by atoms with Crippen molar-refractivity contribution in [3.05, 3.63) is 84.1 Å². The van der Waals surface area contributed by atoms with Crippen LogP contribution < -0.4 is 11.1 Å². The van der Waals surface area contributed by atoms with Gasteiger partial charge in [0.2, 0.25) is 5.91 Å². The molecule has 0 spiro atoms. The van der Waals surface area contributed by atoms with E-state index in [4.69, 9.17) is 10.7 Å². The van der Waals surface area contributed by atoms with E-state index >= 15 is 0 Å². The Morgan fingerprint density at radius 3 is 2.69 bits per heavy atom. The molecule has 1 atom stereocenters. The molecule has 1 fully saturated rings. The third-order valence-corrected chi connectivity index (χ3v) is 6.75. The number of nitrogen functional groups attached to an aromatic ring is 1. The van der Waals surface area contributed by atoms with Gasteiger partial charge < -0.3 is 20.9 Å². The fraction of sp³-hybridized carbons (Fsp3) is 0.276. The van der Waals surface area contributed by atoms with Crippen molar-refractivity contribution in [1.82, 2.24) is 29.2 Å². The lowest BCUT2D eigenvalue weighted by molar-refractivity contribution is -0.127. The number of nitrogens with two attached hydrogens (primary N) is 1. The maximum Gasteiger partial charge on any atom is 0.256 e. The molecule has 10 nitrogen and oxygen atoms in total. The molecule has 0 bridgehead atoms. The molecule has 3 aromatic heterocycles. The molecule has 1 aromatic carbocycles. The molecule has 4 heterocycles. The number of carbonyl (C=O) groups is 2. The van der Waals surface area contributed by atoms with Crippen molar-refractivity contribution in [3.8, 4) is 11.3 Å². The number of nitrogens with one attached hydrogen (secondary N) is 1. The second-order valence-electron chi connectivity index (χ2n) is 9.95. The zero-order valence-electron chi connectivity index (χ0n) is 22.3. The van der Waals surface area contributed by atoms with Crippen LogP contribution in [0.3, 0.4) is 0 Å². The summed E-state index contributed by atoms with van der Waals surface area (Å²) < 4.78 is 1.93. The smallest absolute Gasteiger partial charge is 0.256 e. The predicted molar refractivity (Wildman–Crippen MR) is 151 cm³/mol. The molecule has 0 unspecified atom stereocenters. The zero-order chi connectivity index (χ0) is 27.5. The van der Waals surface area contributed by atoms with E-state index in [9.17, 15) is 9.59 Å². The van der Waals surface area contributed by atoms with E-state index in [0.29, 0.717) is 41.5 Å². The number of benzene rings is 1. The summed E-state index contributed by atoms with van der Waals surface area (Å²) >= 11 is 0. The second kappa shape index (κ2) is 11.0. The quantitative estimate of drug-likeness (QED) is 0.354. The number of nitrogens with zero attached hydrogens (tertiary/aromatic N) is 6. The van der Waals surface area contributed by atoms with Crippen LogP contribution in [0, 0.1) is 6.92 Å². The molecular formula is C29H32N8O2. The van der Waals surface area contributed by atoms with Crippen LogP contribution in [0.5, 0.6) is 0 Å². The molecule has 1 aliphatic heterocycles. The number of pyridine rings is 1. The van der Waals surface area contributed by atoms with E-state index in [2.05, 4.69) is 15.3 Å². The highest BCUT2D eigenvalue weighted by Crippen LogP contribution is 2.36. The number of fused-ring (bicyclic) bond motifs is 1. The van der Waals surface area contributed by atoms with Gasteiger partial charge in [-0.2, -0.15) is 0 Å². The topological polar surface area (TPSA) is 122 Å². The molecule has 5 rings (SSSR count). The number of hydrogen-bond donors (Lipinski definition) is 2. The van der Waals surface area contributed by atoms with E-state index in [1.165, 1.54) is 0 Å². The minimum Gasteiger partial charge on any atom is -0.382 e. The minimum absolute atomic E-state index is 0.0295. The van der Waals surface area contributed by atoms with Crippen molar-refractivity contribution >= 4 is 29.0 Å². The van der Waals surface area contributed by atoms with Gasteiger partial charge >= 0.3 is 0 Å². The largest absolute Gasteiger partial charge is 0.382 e. The van der Waals surface area contributed by atoms with Crippen LogP contribution in [0.4, 0.5) is 11.6 Å². The van der Waals surface area contributed by atoms with Crippen molar-refractivity contribution in [3.63, 3.8) is 0 Å². The summed E-state index contributed by atoms with van der Waals surface area (Å²) in [5, 5.41) is 2.83. The Hall–Kier alpha value is -4.57. The van der Waals surface area contributed by atoms with E-state index in [1.54, 1.807) is 30.6 Å². The van der Waals surface area contributed by atoms with Gasteiger partial charge in [0.05, 0.1) is 6.04 Å². The third kappa shape index (κ3) is 5.51. The number of imidazole rings is 1. The summed E-state index contributed by atoms with van der Waals surface area (Å²) in [6, 6.07) is 10.7. The minimum atomic E-state index is -0.251. The molecule has 39 heavy (non-hydrogen) atoms. The number of amides is 2. The summed E-state index contributed by atoms with van der Waals surface area (Å²) in [4.78, 5) is 43.2. The standard InChI is InChI=1S/C29H32N8O2/c1-19-12-13-31-23(18-19)33-29(39)21-10-8-20(9-11-21)25-26-27(30)32-14-17-37(26)28(34-25)22-6-4-16-36(22)24(38)7-5-15-35(2)3/h5,7-14,17-18,22H,4,6,15-16H2,1-3H3,(H2,30,32)(H,31,33,39)/t22-/m0/s1. The lowest BCUT2D eigenvalue weighted by Crippen LogP contribution is -2.30. The Morgan fingerprint density at radius 1 is 1.15 bits per heavy atom. The number of carbonyl (C=O) groups excluding carboxylic acids is 2. The fourth-order valence-electron chi connectivity index (χ4n) is 4.85. The molecule has 0 aliphatic carbocycles. The summed E-state index contributed by atoms with van der Waals surface area (Å²) in [7, 11) is 3.93. The maximum atomic E-state index is 13.0. The van der Waals surface area contributed by atoms with Gasteiger partial charge in [-0.15, -0.1) is 0 Å². The van der Waals surface area contributed by atoms with Crippen LogP contribution >= 0.6 is 0 Å². The number of likely N-dealkylation sites (tertiary alicyclic amines) is 1. The van der Waals surface area contributed by atoms with Gasteiger partial charge in [0.15, 0.2) is 0 Å². The van der Waals surface area contributed by atoms with E-state index < -0.39 is 0 Å². The van der Waals surface area contributed by atoms with Gasteiger partial charge in [0, 0.05) is 48.9 Å². The molecule has 200 valence electrons. The number of likely N-dealkylation sites (N-methyl/N-ethyl adjacent to an activating group) is 1. The van der Waals surface area contributed by atoms with Gasteiger partial charge in [0.1, 0.15) is 28.7 Å². The summed E-state index contributed by atoms with van der Waals surface area (Å²) in [5.41, 5.74) is 9.97. The van der Waals surface area contributed by atoms with Crippen molar-refractivity contribution in [2.24, 2.45) is 0 Å². The number of aryl methyl sites for hydroxylation is 1. The second-order valence-corrected chi connectivity index (χ2v) is 9.95. The Morgan fingerprint density at radius 2 is 1.95 bits per heavy atom. The lowest BCUT2D eigenvalue weighted by atomic mass is 10.1. The number of hydrogen-bond acceptors (Lipinski definition) is 7. The van der Waals surface area contributed by atoms with Crippen LogP contribution in [0.25, 0.3) is 16.8 Å². The average molecular weight is 525 g/mol. The van der Waals surface area contributed by atoms with Gasteiger partial charge in [0.25, 0.3) is 5.91 Å². The highest BCUT2D eigenvalue weighted by molar-refractivity contribution is 6.04. The van der Waals surface area contributed by atoms with Crippen LogP contribution in [0.2, 0.25) is 0 Å². The molecule has 3 N–H and O–H groups in total. The van der Waals surface area contributed by atoms with Crippen molar-refractivity contribution in [1.29, 1.82) is 0 Å². The summed E-state index contributed by atoms with van der Waals surface area (Å²) in [6.07, 6.45) is 10.3. The molecule has 10 heteroatoms. The third-order valence-electron chi connectivity index (χ3n) is 6.75.